The van der Waals surface area contributed by atoms with Crippen molar-refractivity contribution >= 4 is 5.91 Å². The molecule has 1 saturated heterocycles. The van der Waals surface area contributed by atoms with Crippen molar-refractivity contribution in [2.75, 3.05) is 13.1 Å². The molecule has 1 rings (SSSR count). The number of likely N-dealkylation sites (tertiary alicyclic amines) is 1. The summed E-state index contributed by atoms with van der Waals surface area (Å²) < 4.78 is 0. The van der Waals surface area contributed by atoms with Gasteiger partial charge < -0.3 is 10.2 Å². The van der Waals surface area contributed by atoms with E-state index in [1.54, 1.807) is 0 Å². The molecule has 1 amide bonds. The van der Waals surface area contributed by atoms with Gasteiger partial charge in [-0.15, -0.1) is 0 Å². The minimum Gasteiger partial charge on any atom is -0.339 e. The van der Waals surface area contributed by atoms with Gasteiger partial charge in [0.25, 0.3) is 0 Å². The van der Waals surface area contributed by atoms with Gasteiger partial charge >= 0.3 is 0 Å². The highest BCUT2D eigenvalue weighted by Gasteiger charge is 2.24. The van der Waals surface area contributed by atoms with Gasteiger partial charge in [0.1, 0.15) is 0 Å². The highest BCUT2D eigenvalue weighted by molar-refractivity contribution is 5.78. The summed E-state index contributed by atoms with van der Waals surface area (Å²) in [5, 5.41) is 3.28. The molecule has 0 aromatic rings. The van der Waals surface area contributed by atoms with Crippen molar-refractivity contribution in [3.05, 3.63) is 0 Å². The first-order chi connectivity index (χ1) is 7.69. The van der Waals surface area contributed by atoms with Gasteiger partial charge in [0.2, 0.25) is 5.91 Å². The Bertz CT molecular complexity index is 218. The molecular weight excluding hydrogens is 200 g/mol. The molecule has 2 unspecified atom stereocenters. The van der Waals surface area contributed by atoms with Gasteiger partial charge in [0.15, 0.2) is 0 Å². The predicted molar refractivity (Wildman–Crippen MR) is 67.4 cm³/mol. The Balaban J connectivity index is 2.38. The van der Waals surface area contributed by atoms with Crippen LogP contribution in [0.5, 0.6) is 0 Å². The normalized spacial score (nSPS) is 23.2. The van der Waals surface area contributed by atoms with Gasteiger partial charge in [-0.2, -0.15) is 0 Å². The number of rotatable bonds is 5. The first kappa shape index (κ1) is 13.5. The second-order valence-corrected chi connectivity index (χ2v) is 4.84. The van der Waals surface area contributed by atoms with Crippen LogP contribution in [0, 0.1) is 0 Å². The summed E-state index contributed by atoms with van der Waals surface area (Å²) in [4.78, 5) is 14.1. The third-order valence-electron chi connectivity index (χ3n) is 3.63. The van der Waals surface area contributed by atoms with Crippen LogP contribution >= 0.6 is 0 Å². The van der Waals surface area contributed by atoms with Crippen LogP contribution in [-0.2, 0) is 4.79 Å². The van der Waals surface area contributed by atoms with Crippen LogP contribution in [0.25, 0.3) is 0 Å². The standard InChI is InChI=1S/C13H26N2O/c1-4-11(3)14-10-13(16)15-9-7-6-8-12(15)5-2/h11-12,14H,4-10H2,1-3H3. The van der Waals surface area contributed by atoms with Gasteiger partial charge in [-0.3, -0.25) is 4.79 Å². The molecule has 0 spiro atoms. The highest BCUT2D eigenvalue weighted by atomic mass is 16.2. The molecule has 16 heavy (non-hydrogen) atoms. The number of carbonyl (C=O) groups is 1. The van der Waals surface area contributed by atoms with E-state index in [2.05, 4.69) is 31.0 Å². The van der Waals surface area contributed by atoms with E-state index in [-0.39, 0.29) is 5.91 Å². The van der Waals surface area contributed by atoms with Crippen molar-refractivity contribution in [2.45, 2.75) is 65.0 Å². The largest absolute Gasteiger partial charge is 0.339 e. The van der Waals surface area contributed by atoms with Crippen molar-refractivity contribution in [3.8, 4) is 0 Å². The van der Waals surface area contributed by atoms with Gasteiger partial charge in [0, 0.05) is 18.6 Å². The lowest BCUT2D eigenvalue weighted by Crippen LogP contribution is -2.48. The fraction of sp³-hybridized carbons (Fsp3) is 0.923. The van der Waals surface area contributed by atoms with Crippen molar-refractivity contribution in [1.29, 1.82) is 0 Å². The average Bonchev–Trinajstić information content (AvgIpc) is 2.35. The van der Waals surface area contributed by atoms with E-state index in [9.17, 15) is 4.79 Å². The third kappa shape index (κ3) is 3.78. The Labute approximate surface area is 99.6 Å². The van der Waals surface area contributed by atoms with Crippen LogP contribution in [0.1, 0.15) is 52.9 Å². The van der Waals surface area contributed by atoms with Crippen molar-refractivity contribution < 1.29 is 4.79 Å². The fourth-order valence-corrected chi connectivity index (χ4v) is 2.26. The summed E-state index contributed by atoms with van der Waals surface area (Å²) in [5.41, 5.74) is 0. The Morgan fingerprint density at radius 3 is 2.81 bits per heavy atom. The lowest BCUT2D eigenvalue weighted by Gasteiger charge is -2.35. The molecular formula is C13H26N2O. The zero-order valence-corrected chi connectivity index (χ0v) is 11.0. The highest BCUT2D eigenvalue weighted by Crippen LogP contribution is 2.19. The topological polar surface area (TPSA) is 32.3 Å². The van der Waals surface area contributed by atoms with E-state index in [1.807, 2.05) is 0 Å². The number of nitrogens with one attached hydrogen (secondary N) is 1. The van der Waals surface area contributed by atoms with Gasteiger partial charge in [0.05, 0.1) is 6.54 Å². The maximum atomic E-state index is 12.1. The summed E-state index contributed by atoms with van der Waals surface area (Å²) >= 11 is 0. The number of nitrogens with zero attached hydrogens (tertiary/aromatic N) is 1. The monoisotopic (exact) mass is 226 g/mol. The van der Waals surface area contributed by atoms with Crippen LogP contribution < -0.4 is 5.32 Å². The molecule has 2 atom stereocenters. The molecule has 1 fully saturated rings. The molecule has 3 nitrogen and oxygen atoms in total. The molecule has 0 bridgehead atoms. The Kier molecular flexibility index (Phi) is 5.81. The number of piperidine rings is 1. The Morgan fingerprint density at radius 2 is 2.19 bits per heavy atom. The first-order valence-corrected chi connectivity index (χ1v) is 6.71. The van der Waals surface area contributed by atoms with Gasteiger partial charge in [-0.1, -0.05) is 13.8 Å². The fourth-order valence-electron chi connectivity index (χ4n) is 2.26. The second kappa shape index (κ2) is 6.89. The Morgan fingerprint density at radius 1 is 1.44 bits per heavy atom. The summed E-state index contributed by atoms with van der Waals surface area (Å²) in [7, 11) is 0. The zero-order chi connectivity index (χ0) is 12.0. The number of carbonyl (C=O) groups excluding carboxylic acids is 1. The number of hydrogen-bond donors (Lipinski definition) is 1. The molecule has 0 aliphatic carbocycles. The van der Waals surface area contributed by atoms with Crippen LogP contribution in [0.2, 0.25) is 0 Å². The molecule has 3 heteroatoms. The summed E-state index contributed by atoms with van der Waals surface area (Å²) in [6.07, 6.45) is 5.80. The quantitative estimate of drug-likeness (QED) is 0.779. The van der Waals surface area contributed by atoms with Crippen LogP contribution in [-0.4, -0.2) is 36.0 Å². The van der Waals surface area contributed by atoms with E-state index in [0.29, 0.717) is 18.6 Å². The van der Waals surface area contributed by atoms with E-state index >= 15 is 0 Å². The second-order valence-electron chi connectivity index (χ2n) is 4.84. The maximum absolute atomic E-state index is 12.1. The lowest BCUT2D eigenvalue weighted by molar-refractivity contribution is -0.134. The molecule has 0 aromatic carbocycles. The SMILES string of the molecule is CCC(C)NCC(=O)N1CCCCC1CC. The number of amides is 1. The number of hydrogen-bond acceptors (Lipinski definition) is 2. The molecule has 0 aromatic heterocycles. The molecule has 0 radical (unpaired) electrons. The smallest absolute Gasteiger partial charge is 0.236 e. The minimum absolute atomic E-state index is 0.284. The van der Waals surface area contributed by atoms with E-state index in [1.165, 1.54) is 19.3 Å². The van der Waals surface area contributed by atoms with Crippen LogP contribution in [0.15, 0.2) is 0 Å². The first-order valence-electron chi connectivity index (χ1n) is 6.71. The van der Waals surface area contributed by atoms with Crippen molar-refractivity contribution in [2.24, 2.45) is 0 Å². The zero-order valence-electron chi connectivity index (χ0n) is 11.0. The van der Waals surface area contributed by atoms with E-state index in [4.69, 9.17) is 0 Å². The van der Waals surface area contributed by atoms with Crippen LogP contribution in [0.3, 0.4) is 0 Å². The maximum Gasteiger partial charge on any atom is 0.236 e. The Hall–Kier alpha value is -0.570. The molecule has 1 N–H and O–H groups in total. The van der Waals surface area contributed by atoms with Crippen LogP contribution in [0.4, 0.5) is 0 Å². The molecule has 1 aliphatic rings. The summed E-state index contributed by atoms with van der Waals surface area (Å²) in [6, 6.07) is 0.925. The predicted octanol–water partition coefficient (Wildman–Crippen LogP) is 2.17. The summed E-state index contributed by atoms with van der Waals surface area (Å²) in [6.45, 7) is 7.90. The van der Waals surface area contributed by atoms with Gasteiger partial charge in [-0.05, 0) is 39.0 Å². The third-order valence-corrected chi connectivity index (χ3v) is 3.63. The molecule has 1 heterocycles. The molecule has 94 valence electrons. The molecule has 0 saturated carbocycles. The van der Waals surface area contributed by atoms with Crippen molar-refractivity contribution in [3.63, 3.8) is 0 Å². The minimum atomic E-state index is 0.284. The van der Waals surface area contributed by atoms with Gasteiger partial charge in [-0.25, -0.2) is 0 Å². The summed E-state index contributed by atoms with van der Waals surface area (Å²) in [5.74, 6) is 0.284. The van der Waals surface area contributed by atoms with E-state index < -0.39 is 0 Å². The molecule has 1 aliphatic heterocycles. The van der Waals surface area contributed by atoms with Crippen molar-refractivity contribution in [1.82, 2.24) is 10.2 Å². The lowest BCUT2D eigenvalue weighted by atomic mass is 10.00. The van der Waals surface area contributed by atoms with E-state index in [0.717, 1.165) is 19.4 Å². The average molecular weight is 226 g/mol.